The van der Waals surface area contributed by atoms with Crippen LogP contribution in [-0.4, -0.2) is 52.1 Å². The van der Waals surface area contributed by atoms with Gasteiger partial charge in [0.2, 0.25) is 0 Å². The van der Waals surface area contributed by atoms with Gasteiger partial charge in [-0.1, -0.05) is 30.9 Å². The van der Waals surface area contributed by atoms with Crippen LogP contribution in [0.25, 0.3) is 0 Å². The van der Waals surface area contributed by atoms with Gasteiger partial charge in [-0.3, -0.25) is 4.99 Å². The summed E-state index contributed by atoms with van der Waals surface area (Å²) < 4.78 is 16.8. The van der Waals surface area contributed by atoms with Gasteiger partial charge < -0.3 is 24.8 Å². The molecule has 0 aliphatic carbocycles. The lowest BCUT2D eigenvalue weighted by atomic mass is 10.2. The van der Waals surface area contributed by atoms with Gasteiger partial charge in [0.15, 0.2) is 5.96 Å². The van der Waals surface area contributed by atoms with Crippen molar-refractivity contribution in [2.45, 2.75) is 25.5 Å². The molecule has 1 atom stereocenters. The Morgan fingerprint density at radius 2 is 2.23 bits per heavy atom. The zero-order chi connectivity index (χ0) is 17.7. The number of benzene rings is 1. The summed E-state index contributed by atoms with van der Waals surface area (Å²) >= 11 is 0. The summed E-state index contributed by atoms with van der Waals surface area (Å²) in [4.78, 5) is 4.23. The van der Waals surface area contributed by atoms with Crippen LogP contribution in [0.3, 0.4) is 0 Å². The Morgan fingerprint density at radius 3 is 2.96 bits per heavy atom. The maximum absolute atomic E-state index is 5.66. The molecule has 1 aromatic rings. The third kappa shape index (κ3) is 8.37. The van der Waals surface area contributed by atoms with Crippen molar-refractivity contribution in [2.24, 2.45) is 4.99 Å². The van der Waals surface area contributed by atoms with Gasteiger partial charge in [0.05, 0.1) is 19.3 Å². The standard InChI is InChI=1S/C19H29N3O3.HI/c1-3-11-25-18-9-5-4-7-16(18)14-22-19(20-2)21-10-13-23-15-17-8-6-12-24-17;/h3-5,7,9,17H,1,6,8,10-15H2,2H3,(H2,20,21,22);1H. The highest BCUT2D eigenvalue weighted by Gasteiger charge is 2.14. The van der Waals surface area contributed by atoms with Crippen molar-refractivity contribution in [1.82, 2.24) is 10.6 Å². The van der Waals surface area contributed by atoms with E-state index in [1.54, 1.807) is 13.1 Å². The van der Waals surface area contributed by atoms with Gasteiger partial charge in [0, 0.05) is 32.3 Å². The SMILES string of the molecule is C=CCOc1ccccc1CNC(=NC)NCCOCC1CCCO1.I. The highest BCUT2D eigenvalue weighted by atomic mass is 127. The second kappa shape index (κ2) is 13.8. The molecule has 1 saturated heterocycles. The molecule has 1 unspecified atom stereocenters. The number of guanidine groups is 1. The van der Waals surface area contributed by atoms with Crippen molar-refractivity contribution in [1.29, 1.82) is 0 Å². The van der Waals surface area contributed by atoms with Gasteiger partial charge in [-0.05, 0) is 18.9 Å². The third-order valence-electron chi connectivity index (χ3n) is 3.87. The molecule has 0 radical (unpaired) electrons. The Hall–Kier alpha value is -1.32. The molecule has 1 aromatic carbocycles. The Morgan fingerprint density at radius 1 is 1.38 bits per heavy atom. The predicted octanol–water partition coefficient (Wildman–Crippen LogP) is 2.73. The van der Waals surface area contributed by atoms with Crippen LogP contribution >= 0.6 is 24.0 Å². The van der Waals surface area contributed by atoms with Gasteiger partial charge in [-0.2, -0.15) is 0 Å². The fraction of sp³-hybridized carbons (Fsp3) is 0.526. The first-order valence-electron chi connectivity index (χ1n) is 8.79. The molecule has 1 aliphatic heterocycles. The minimum atomic E-state index is 0. The monoisotopic (exact) mass is 475 g/mol. The summed E-state index contributed by atoms with van der Waals surface area (Å²) in [7, 11) is 1.75. The van der Waals surface area contributed by atoms with Crippen LogP contribution in [0.15, 0.2) is 41.9 Å². The van der Waals surface area contributed by atoms with Crippen LogP contribution in [0.2, 0.25) is 0 Å². The zero-order valence-corrected chi connectivity index (χ0v) is 17.7. The number of rotatable bonds is 10. The van der Waals surface area contributed by atoms with Crippen molar-refractivity contribution >= 4 is 29.9 Å². The van der Waals surface area contributed by atoms with Crippen molar-refractivity contribution in [3.63, 3.8) is 0 Å². The smallest absolute Gasteiger partial charge is 0.191 e. The van der Waals surface area contributed by atoms with Crippen molar-refractivity contribution in [3.8, 4) is 5.75 Å². The molecular formula is C19H30IN3O3. The molecule has 2 rings (SSSR count). The normalized spacial score (nSPS) is 16.7. The van der Waals surface area contributed by atoms with E-state index in [-0.39, 0.29) is 30.1 Å². The van der Waals surface area contributed by atoms with E-state index >= 15 is 0 Å². The second-order valence-electron chi connectivity index (χ2n) is 5.77. The van der Waals surface area contributed by atoms with E-state index in [1.807, 2.05) is 24.3 Å². The molecule has 146 valence electrons. The Balaban J connectivity index is 0.00000338. The van der Waals surface area contributed by atoms with Gasteiger partial charge in [-0.15, -0.1) is 24.0 Å². The maximum Gasteiger partial charge on any atom is 0.191 e. The van der Waals surface area contributed by atoms with Gasteiger partial charge in [-0.25, -0.2) is 0 Å². The fourth-order valence-electron chi connectivity index (χ4n) is 2.57. The summed E-state index contributed by atoms with van der Waals surface area (Å²) in [6, 6.07) is 7.94. The molecule has 0 aromatic heterocycles. The molecule has 6 nitrogen and oxygen atoms in total. The van der Waals surface area contributed by atoms with Crippen LogP contribution in [0.5, 0.6) is 5.75 Å². The summed E-state index contributed by atoms with van der Waals surface area (Å²) in [5.74, 6) is 1.59. The Kier molecular flexibility index (Phi) is 12.1. The van der Waals surface area contributed by atoms with Gasteiger partial charge in [0.25, 0.3) is 0 Å². The van der Waals surface area contributed by atoms with E-state index in [0.29, 0.717) is 32.9 Å². The van der Waals surface area contributed by atoms with Crippen molar-refractivity contribution in [2.75, 3.05) is 40.0 Å². The van der Waals surface area contributed by atoms with Crippen LogP contribution in [0, 0.1) is 0 Å². The molecule has 0 amide bonds. The second-order valence-corrected chi connectivity index (χ2v) is 5.77. The lowest BCUT2D eigenvalue weighted by Gasteiger charge is -2.15. The van der Waals surface area contributed by atoms with Gasteiger partial charge >= 0.3 is 0 Å². The van der Waals surface area contributed by atoms with Crippen molar-refractivity contribution in [3.05, 3.63) is 42.5 Å². The van der Waals surface area contributed by atoms with E-state index in [4.69, 9.17) is 14.2 Å². The topological polar surface area (TPSA) is 64.1 Å². The molecule has 7 heteroatoms. The largest absolute Gasteiger partial charge is 0.489 e. The first kappa shape index (κ1) is 22.7. The van der Waals surface area contributed by atoms with E-state index in [0.717, 1.165) is 36.7 Å². The predicted molar refractivity (Wildman–Crippen MR) is 116 cm³/mol. The average Bonchev–Trinajstić information content (AvgIpc) is 3.16. The molecule has 0 bridgehead atoms. The minimum absolute atomic E-state index is 0. The fourth-order valence-corrected chi connectivity index (χ4v) is 2.57. The summed E-state index contributed by atoms with van der Waals surface area (Å²) in [6.07, 6.45) is 4.25. The molecule has 0 spiro atoms. The summed E-state index contributed by atoms with van der Waals surface area (Å²) in [5.41, 5.74) is 1.07. The molecule has 1 fully saturated rings. The first-order chi connectivity index (χ1) is 12.3. The number of halogens is 1. The average molecular weight is 475 g/mol. The Labute approximate surface area is 173 Å². The molecule has 1 aliphatic rings. The number of hydrogen-bond donors (Lipinski definition) is 2. The third-order valence-corrected chi connectivity index (χ3v) is 3.87. The summed E-state index contributed by atoms with van der Waals surface area (Å²) in [5, 5.41) is 6.53. The molecule has 2 N–H and O–H groups in total. The minimum Gasteiger partial charge on any atom is -0.489 e. The molecule has 1 heterocycles. The molecule has 0 saturated carbocycles. The summed E-state index contributed by atoms with van der Waals surface area (Å²) in [6.45, 7) is 7.65. The lowest BCUT2D eigenvalue weighted by molar-refractivity contribution is 0.0191. The highest BCUT2D eigenvalue weighted by Crippen LogP contribution is 2.17. The van der Waals surface area contributed by atoms with Gasteiger partial charge in [0.1, 0.15) is 12.4 Å². The van der Waals surface area contributed by atoms with Crippen LogP contribution in [-0.2, 0) is 16.0 Å². The van der Waals surface area contributed by atoms with Crippen LogP contribution in [0.4, 0.5) is 0 Å². The number of para-hydroxylation sites is 1. The van der Waals surface area contributed by atoms with Crippen LogP contribution in [0.1, 0.15) is 18.4 Å². The van der Waals surface area contributed by atoms with E-state index in [9.17, 15) is 0 Å². The number of nitrogens with one attached hydrogen (secondary N) is 2. The van der Waals surface area contributed by atoms with Crippen LogP contribution < -0.4 is 15.4 Å². The maximum atomic E-state index is 5.66. The first-order valence-corrected chi connectivity index (χ1v) is 8.79. The zero-order valence-electron chi connectivity index (χ0n) is 15.4. The Bertz CT molecular complexity index is 549. The number of nitrogens with zero attached hydrogens (tertiary/aromatic N) is 1. The number of ether oxygens (including phenoxy) is 3. The van der Waals surface area contributed by atoms with E-state index < -0.39 is 0 Å². The lowest BCUT2D eigenvalue weighted by Crippen LogP contribution is -2.38. The number of aliphatic imine (C=N–C) groups is 1. The van der Waals surface area contributed by atoms with E-state index in [2.05, 4.69) is 22.2 Å². The molecule has 26 heavy (non-hydrogen) atoms. The number of hydrogen-bond acceptors (Lipinski definition) is 4. The van der Waals surface area contributed by atoms with Crippen molar-refractivity contribution < 1.29 is 14.2 Å². The highest BCUT2D eigenvalue weighted by molar-refractivity contribution is 14.0. The quantitative estimate of drug-likeness (QED) is 0.179. The molecular weight excluding hydrogens is 445 g/mol. The van der Waals surface area contributed by atoms with E-state index in [1.165, 1.54) is 0 Å².